The SMILES string of the molecule is CC(C)CC(O)CNc1cccc2nccn12. The van der Waals surface area contributed by atoms with Gasteiger partial charge in [-0.1, -0.05) is 19.9 Å². The molecule has 92 valence electrons. The maximum atomic E-state index is 9.82. The van der Waals surface area contributed by atoms with Gasteiger partial charge >= 0.3 is 0 Å². The third-order valence-electron chi connectivity index (χ3n) is 2.69. The molecular formula is C13H19N3O. The van der Waals surface area contributed by atoms with E-state index in [1.807, 2.05) is 28.8 Å². The monoisotopic (exact) mass is 233 g/mol. The third kappa shape index (κ3) is 2.97. The summed E-state index contributed by atoms with van der Waals surface area (Å²) in [6.45, 7) is 4.79. The van der Waals surface area contributed by atoms with Crippen LogP contribution in [0.15, 0.2) is 30.6 Å². The molecule has 0 saturated heterocycles. The van der Waals surface area contributed by atoms with Gasteiger partial charge < -0.3 is 10.4 Å². The second-order valence-corrected chi connectivity index (χ2v) is 4.73. The first-order valence-electron chi connectivity index (χ1n) is 6.01. The van der Waals surface area contributed by atoms with Crippen LogP contribution in [0.5, 0.6) is 0 Å². The van der Waals surface area contributed by atoms with Crippen LogP contribution < -0.4 is 5.32 Å². The fraction of sp³-hybridized carbons (Fsp3) is 0.462. The highest BCUT2D eigenvalue weighted by Gasteiger charge is 2.07. The number of aliphatic hydroxyl groups is 1. The molecule has 0 saturated carbocycles. The molecule has 0 aromatic carbocycles. The largest absolute Gasteiger partial charge is 0.391 e. The Hall–Kier alpha value is -1.55. The highest BCUT2D eigenvalue weighted by atomic mass is 16.3. The van der Waals surface area contributed by atoms with E-state index in [0.717, 1.165) is 17.9 Å². The van der Waals surface area contributed by atoms with Crippen molar-refractivity contribution in [2.45, 2.75) is 26.4 Å². The van der Waals surface area contributed by atoms with Gasteiger partial charge in [0.05, 0.1) is 6.10 Å². The minimum Gasteiger partial charge on any atom is -0.391 e. The molecule has 17 heavy (non-hydrogen) atoms. The summed E-state index contributed by atoms with van der Waals surface area (Å²) in [7, 11) is 0. The number of hydrogen-bond donors (Lipinski definition) is 2. The van der Waals surface area contributed by atoms with E-state index in [4.69, 9.17) is 0 Å². The van der Waals surface area contributed by atoms with Crippen molar-refractivity contribution in [3.8, 4) is 0 Å². The van der Waals surface area contributed by atoms with Crippen molar-refractivity contribution in [3.05, 3.63) is 30.6 Å². The highest BCUT2D eigenvalue weighted by molar-refractivity contribution is 5.49. The molecule has 1 atom stereocenters. The van der Waals surface area contributed by atoms with Crippen LogP contribution in [-0.4, -0.2) is 27.1 Å². The Bertz CT molecular complexity index is 478. The van der Waals surface area contributed by atoms with Gasteiger partial charge in [-0.3, -0.25) is 4.40 Å². The first-order valence-corrected chi connectivity index (χ1v) is 6.01. The van der Waals surface area contributed by atoms with E-state index in [1.165, 1.54) is 0 Å². The van der Waals surface area contributed by atoms with E-state index in [1.54, 1.807) is 6.20 Å². The van der Waals surface area contributed by atoms with Crippen LogP contribution in [-0.2, 0) is 0 Å². The zero-order chi connectivity index (χ0) is 12.3. The molecular weight excluding hydrogens is 214 g/mol. The summed E-state index contributed by atoms with van der Waals surface area (Å²) in [5.41, 5.74) is 0.911. The molecule has 0 spiro atoms. The number of aliphatic hydroxyl groups excluding tert-OH is 1. The van der Waals surface area contributed by atoms with Crippen LogP contribution in [0.2, 0.25) is 0 Å². The predicted octanol–water partition coefficient (Wildman–Crippen LogP) is 2.15. The number of fused-ring (bicyclic) bond motifs is 1. The molecule has 2 aromatic rings. The van der Waals surface area contributed by atoms with Crippen LogP contribution in [0, 0.1) is 5.92 Å². The van der Waals surface area contributed by atoms with Crippen molar-refractivity contribution in [1.29, 1.82) is 0 Å². The van der Waals surface area contributed by atoms with E-state index >= 15 is 0 Å². The molecule has 0 aliphatic carbocycles. The second kappa shape index (κ2) is 5.19. The van der Waals surface area contributed by atoms with Gasteiger partial charge in [0.1, 0.15) is 11.5 Å². The number of pyridine rings is 1. The first-order chi connectivity index (χ1) is 8.16. The molecule has 2 rings (SSSR count). The number of anilines is 1. The zero-order valence-corrected chi connectivity index (χ0v) is 10.3. The maximum absolute atomic E-state index is 9.82. The van der Waals surface area contributed by atoms with Crippen LogP contribution in [0.4, 0.5) is 5.82 Å². The lowest BCUT2D eigenvalue weighted by Gasteiger charge is -2.15. The number of hydrogen-bond acceptors (Lipinski definition) is 3. The summed E-state index contributed by atoms with van der Waals surface area (Å²) >= 11 is 0. The summed E-state index contributed by atoms with van der Waals surface area (Å²) in [6.07, 6.45) is 4.18. The van der Waals surface area contributed by atoms with Gasteiger partial charge in [0.15, 0.2) is 0 Å². The molecule has 0 radical (unpaired) electrons. The Morgan fingerprint density at radius 3 is 3.00 bits per heavy atom. The molecule has 4 nitrogen and oxygen atoms in total. The average molecular weight is 233 g/mol. The molecule has 4 heteroatoms. The van der Waals surface area contributed by atoms with Crippen molar-refractivity contribution in [2.24, 2.45) is 5.92 Å². The topological polar surface area (TPSA) is 49.6 Å². The minimum atomic E-state index is -0.311. The van der Waals surface area contributed by atoms with Gasteiger partial charge in [-0.2, -0.15) is 0 Å². The molecule has 2 heterocycles. The van der Waals surface area contributed by atoms with Crippen LogP contribution in [0.3, 0.4) is 0 Å². The lowest BCUT2D eigenvalue weighted by Crippen LogP contribution is -2.22. The van der Waals surface area contributed by atoms with Gasteiger partial charge in [0, 0.05) is 18.9 Å². The summed E-state index contributed by atoms with van der Waals surface area (Å²) < 4.78 is 1.97. The van der Waals surface area contributed by atoms with Crippen molar-refractivity contribution in [1.82, 2.24) is 9.38 Å². The second-order valence-electron chi connectivity index (χ2n) is 4.73. The van der Waals surface area contributed by atoms with Crippen LogP contribution in [0.25, 0.3) is 5.65 Å². The molecule has 2 N–H and O–H groups in total. The minimum absolute atomic E-state index is 0.311. The Labute approximate surface area is 101 Å². The Balaban J connectivity index is 2.01. The molecule has 1 unspecified atom stereocenters. The lowest BCUT2D eigenvalue weighted by molar-refractivity contribution is 0.161. The molecule has 0 aliphatic heterocycles. The Kier molecular flexibility index (Phi) is 3.64. The van der Waals surface area contributed by atoms with E-state index in [2.05, 4.69) is 24.1 Å². The smallest absolute Gasteiger partial charge is 0.138 e. The number of nitrogens with zero attached hydrogens (tertiary/aromatic N) is 2. The van der Waals surface area contributed by atoms with Crippen LogP contribution >= 0.6 is 0 Å². The van der Waals surface area contributed by atoms with E-state index in [-0.39, 0.29) is 6.10 Å². The fourth-order valence-corrected chi connectivity index (χ4v) is 1.94. The molecule has 0 bridgehead atoms. The number of nitrogens with one attached hydrogen (secondary N) is 1. The molecule has 0 amide bonds. The standard InChI is InChI=1S/C13H19N3O/c1-10(2)8-11(17)9-15-13-5-3-4-12-14-6-7-16(12)13/h3-7,10-11,15,17H,8-9H2,1-2H3. The van der Waals surface area contributed by atoms with Gasteiger partial charge in [0.2, 0.25) is 0 Å². The van der Waals surface area contributed by atoms with Gasteiger partial charge in [-0.05, 0) is 24.5 Å². The quantitative estimate of drug-likeness (QED) is 0.832. The van der Waals surface area contributed by atoms with Gasteiger partial charge in [-0.25, -0.2) is 4.98 Å². The van der Waals surface area contributed by atoms with Gasteiger partial charge in [0.25, 0.3) is 0 Å². The Morgan fingerprint density at radius 1 is 1.41 bits per heavy atom. The zero-order valence-electron chi connectivity index (χ0n) is 10.3. The van der Waals surface area contributed by atoms with Crippen molar-refractivity contribution < 1.29 is 5.11 Å². The van der Waals surface area contributed by atoms with Gasteiger partial charge in [-0.15, -0.1) is 0 Å². The maximum Gasteiger partial charge on any atom is 0.138 e. The molecule has 2 aromatic heterocycles. The van der Waals surface area contributed by atoms with Crippen molar-refractivity contribution in [3.63, 3.8) is 0 Å². The molecule has 0 fully saturated rings. The lowest BCUT2D eigenvalue weighted by atomic mass is 10.1. The summed E-state index contributed by atoms with van der Waals surface area (Å²) in [6, 6.07) is 5.89. The van der Waals surface area contributed by atoms with E-state index < -0.39 is 0 Å². The summed E-state index contributed by atoms with van der Waals surface area (Å²) in [4.78, 5) is 4.22. The van der Waals surface area contributed by atoms with E-state index in [0.29, 0.717) is 12.5 Å². The van der Waals surface area contributed by atoms with Crippen molar-refractivity contribution in [2.75, 3.05) is 11.9 Å². The van der Waals surface area contributed by atoms with E-state index in [9.17, 15) is 5.11 Å². The third-order valence-corrected chi connectivity index (χ3v) is 2.69. The number of imidazole rings is 1. The fourth-order valence-electron chi connectivity index (χ4n) is 1.94. The van der Waals surface area contributed by atoms with Crippen molar-refractivity contribution >= 4 is 11.5 Å². The number of rotatable bonds is 5. The average Bonchev–Trinajstić information content (AvgIpc) is 2.73. The summed E-state index contributed by atoms with van der Waals surface area (Å²) in [5, 5.41) is 13.1. The predicted molar refractivity (Wildman–Crippen MR) is 69.1 cm³/mol. The normalized spacial score (nSPS) is 13.2. The highest BCUT2D eigenvalue weighted by Crippen LogP contribution is 2.12. The number of aromatic nitrogens is 2. The van der Waals surface area contributed by atoms with Crippen LogP contribution in [0.1, 0.15) is 20.3 Å². The first kappa shape index (κ1) is 11.9. The Morgan fingerprint density at radius 2 is 2.24 bits per heavy atom. The summed E-state index contributed by atoms with van der Waals surface area (Å²) in [5.74, 6) is 1.47. The molecule has 0 aliphatic rings.